The van der Waals surface area contributed by atoms with E-state index in [9.17, 15) is 9.90 Å². The van der Waals surface area contributed by atoms with Gasteiger partial charge in [0.1, 0.15) is 5.75 Å². The van der Waals surface area contributed by atoms with Crippen molar-refractivity contribution in [2.75, 3.05) is 5.32 Å². The zero-order valence-electron chi connectivity index (χ0n) is 10.5. The Bertz CT molecular complexity index is 632. The fourth-order valence-corrected chi connectivity index (χ4v) is 2.62. The third-order valence-electron chi connectivity index (χ3n) is 3.21. The third kappa shape index (κ3) is 2.61. The average Bonchev–Trinajstić information content (AvgIpc) is 3.14. The highest BCUT2D eigenvalue weighted by Gasteiger charge is 2.26. The number of amides is 1. The molecule has 0 atom stereocenters. The SMILES string of the molecule is Cc1ccc(C(=O)Nc2nc(C3CC3)cs2)cc1O. The molecule has 1 saturated carbocycles. The Hall–Kier alpha value is -1.88. The summed E-state index contributed by atoms with van der Waals surface area (Å²) in [5.41, 5.74) is 2.26. The number of aryl methyl sites for hydroxylation is 1. The van der Waals surface area contributed by atoms with E-state index in [1.807, 2.05) is 5.38 Å². The van der Waals surface area contributed by atoms with E-state index in [1.165, 1.54) is 30.2 Å². The van der Waals surface area contributed by atoms with Gasteiger partial charge in [0.15, 0.2) is 5.13 Å². The van der Waals surface area contributed by atoms with E-state index in [1.54, 1.807) is 19.1 Å². The van der Waals surface area contributed by atoms with Crippen molar-refractivity contribution >= 4 is 22.4 Å². The molecule has 0 spiro atoms. The van der Waals surface area contributed by atoms with Crippen LogP contribution >= 0.6 is 11.3 Å². The van der Waals surface area contributed by atoms with Crippen molar-refractivity contribution in [2.45, 2.75) is 25.7 Å². The first-order chi connectivity index (χ1) is 9.13. The minimum absolute atomic E-state index is 0.130. The largest absolute Gasteiger partial charge is 0.508 e. The Balaban J connectivity index is 1.74. The normalized spacial score (nSPS) is 14.4. The lowest BCUT2D eigenvalue weighted by atomic mass is 10.1. The van der Waals surface area contributed by atoms with E-state index in [2.05, 4.69) is 10.3 Å². The van der Waals surface area contributed by atoms with Gasteiger partial charge in [-0.3, -0.25) is 10.1 Å². The first-order valence-electron chi connectivity index (χ1n) is 6.20. The van der Waals surface area contributed by atoms with Crippen molar-refractivity contribution in [3.8, 4) is 5.75 Å². The van der Waals surface area contributed by atoms with Crippen LogP contribution in [0.25, 0.3) is 0 Å². The van der Waals surface area contributed by atoms with Gasteiger partial charge in [-0.15, -0.1) is 11.3 Å². The second kappa shape index (κ2) is 4.66. The summed E-state index contributed by atoms with van der Waals surface area (Å²) in [6, 6.07) is 4.89. The van der Waals surface area contributed by atoms with E-state index in [-0.39, 0.29) is 11.7 Å². The second-order valence-electron chi connectivity index (χ2n) is 4.81. The molecule has 2 aromatic rings. The molecule has 2 N–H and O–H groups in total. The van der Waals surface area contributed by atoms with Gasteiger partial charge >= 0.3 is 0 Å². The molecule has 19 heavy (non-hydrogen) atoms. The smallest absolute Gasteiger partial charge is 0.257 e. The summed E-state index contributed by atoms with van der Waals surface area (Å²) in [7, 11) is 0. The number of hydrogen-bond acceptors (Lipinski definition) is 4. The molecule has 5 heteroatoms. The summed E-state index contributed by atoms with van der Waals surface area (Å²) in [5.74, 6) is 0.475. The van der Waals surface area contributed by atoms with Crippen molar-refractivity contribution < 1.29 is 9.90 Å². The van der Waals surface area contributed by atoms with Crippen molar-refractivity contribution in [3.63, 3.8) is 0 Å². The summed E-state index contributed by atoms with van der Waals surface area (Å²) in [4.78, 5) is 16.4. The minimum Gasteiger partial charge on any atom is -0.508 e. The second-order valence-corrected chi connectivity index (χ2v) is 5.67. The summed E-state index contributed by atoms with van der Waals surface area (Å²) < 4.78 is 0. The number of nitrogens with one attached hydrogen (secondary N) is 1. The lowest BCUT2D eigenvalue weighted by Gasteiger charge is -2.04. The minimum atomic E-state index is -0.244. The number of benzene rings is 1. The molecule has 0 radical (unpaired) electrons. The number of aromatic hydroxyl groups is 1. The molecule has 1 aliphatic carbocycles. The zero-order valence-corrected chi connectivity index (χ0v) is 11.3. The van der Waals surface area contributed by atoms with E-state index >= 15 is 0 Å². The zero-order chi connectivity index (χ0) is 13.4. The summed E-state index contributed by atoms with van der Waals surface area (Å²) in [6.45, 7) is 1.79. The Morgan fingerprint density at radius 1 is 1.47 bits per heavy atom. The number of carbonyl (C=O) groups excluding carboxylic acids is 1. The molecule has 1 fully saturated rings. The molecule has 98 valence electrons. The molecule has 0 saturated heterocycles. The lowest BCUT2D eigenvalue weighted by Crippen LogP contribution is -2.11. The molecular weight excluding hydrogens is 260 g/mol. The highest BCUT2D eigenvalue weighted by atomic mass is 32.1. The standard InChI is InChI=1S/C14H14N2O2S/c1-8-2-3-10(6-12(8)17)13(18)16-14-15-11(7-19-14)9-4-5-9/h2-3,6-7,9,17H,4-5H2,1H3,(H,15,16,18). The molecule has 0 bridgehead atoms. The van der Waals surface area contributed by atoms with Crippen LogP contribution in [0.2, 0.25) is 0 Å². The fraction of sp³-hybridized carbons (Fsp3) is 0.286. The van der Waals surface area contributed by atoms with Gasteiger partial charge in [0, 0.05) is 16.9 Å². The Morgan fingerprint density at radius 2 is 2.26 bits per heavy atom. The Labute approximate surface area is 115 Å². The van der Waals surface area contributed by atoms with Gasteiger partial charge in [-0.25, -0.2) is 4.98 Å². The van der Waals surface area contributed by atoms with Crippen molar-refractivity contribution in [1.29, 1.82) is 0 Å². The molecule has 1 aromatic heterocycles. The Morgan fingerprint density at radius 3 is 2.95 bits per heavy atom. The average molecular weight is 274 g/mol. The molecule has 1 heterocycles. The number of hydrogen-bond donors (Lipinski definition) is 2. The van der Waals surface area contributed by atoms with Gasteiger partial charge in [0.05, 0.1) is 5.69 Å². The molecule has 1 aromatic carbocycles. The third-order valence-corrected chi connectivity index (χ3v) is 3.99. The predicted octanol–water partition coefficient (Wildman–Crippen LogP) is 3.29. The number of nitrogens with zero attached hydrogens (tertiary/aromatic N) is 1. The van der Waals surface area contributed by atoms with E-state index in [0.717, 1.165) is 11.3 Å². The van der Waals surface area contributed by atoms with E-state index in [0.29, 0.717) is 16.6 Å². The fourth-order valence-electron chi connectivity index (χ4n) is 1.83. The van der Waals surface area contributed by atoms with E-state index in [4.69, 9.17) is 0 Å². The van der Waals surface area contributed by atoms with Gasteiger partial charge in [0.25, 0.3) is 5.91 Å². The number of anilines is 1. The van der Waals surface area contributed by atoms with Gasteiger partial charge in [0.2, 0.25) is 0 Å². The van der Waals surface area contributed by atoms with Crippen LogP contribution in [-0.2, 0) is 0 Å². The van der Waals surface area contributed by atoms with Crippen LogP contribution in [0.4, 0.5) is 5.13 Å². The number of carbonyl (C=O) groups is 1. The predicted molar refractivity (Wildman–Crippen MR) is 74.9 cm³/mol. The Kier molecular flexibility index (Phi) is 2.98. The van der Waals surface area contributed by atoms with Crippen molar-refractivity contribution in [3.05, 3.63) is 40.4 Å². The molecule has 1 amide bonds. The van der Waals surface area contributed by atoms with Gasteiger partial charge in [-0.05, 0) is 37.5 Å². The maximum atomic E-state index is 12.0. The molecule has 1 aliphatic rings. The number of phenols is 1. The highest BCUT2D eigenvalue weighted by Crippen LogP contribution is 2.40. The number of aromatic nitrogens is 1. The van der Waals surface area contributed by atoms with Crippen LogP contribution in [0.1, 0.15) is 40.4 Å². The number of phenolic OH excluding ortho intramolecular Hbond substituents is 1. The summed E-state index contributed by atoms with van der Waals surface area (Å²) in [6.07, 6.45) is 2.39. The lowest BCUT2D eigenvalue weighted by molar-refractivity contribution is 0.102. The quantitative estimate of drug-likeness (QED) is 0.902. The molecule has 3 rings (SSSR count). The number of rotatable bonds is 3. The van der Waals surface area contributed by atoms with Gasteiger partial charge in [-0.1, -0.05) is 6.07 Å². The van der Waals surface area contributed by atoms with Crippen LogP contribution in [-0.4, -0.2) is 16.0 Å². The summed E-state index contributed by atoms with van der Waals surface area (Å²) in [5, 5.41) is 15.0. The van der Waals surface area contributed by atoms with Crippen LogP contribution < -0.4 is 5.32 Å². The monoisotopic (exact) mass is 274 g/mol. The highest BCUT2D eigenvalue weighted by molar-refractivity contribution is 7.14. The first-order valence-corrected chi connectivity index (χ1v) is 7.08. The van der Waals surface area contributed by atoms with Crippen molar-refractivity contribution in [2.24, 2.45) is 0 Å². The topological polar surface area (TPSA) is 62.2 Å². The van der Waals surface area contributed by atoms with Crippen LogP contribution in [0.3, 0.4) is 0 Å². The van der Waals surface area contributed by atoms with E-state index < -0.39 is 0 Å². The maximum absolute atomic E-state index is 12.0. The van der Waals surface area contributed by atoms with Crippen LogP contribution in [0.15, 0.2) is 23.6 Å². The number of thiazole rings is 1. The summed E-state index contributed by atoms with van der Waals surface area (Å²) >= 11 is 1.44. The molecule has 4 nitrogen and oxygen atoms in total. The molecular formula is C14H14N2O2S. The van der Waals surface area contributed by atoms with Crippen LogP contribution in [0, 0.1) is 6.92 Å². The van der Waals surface area contributed by atoms with Gasteiger partial charge < -0.3 is 5.11 Å². The van der Waals surface area contributed by atoms with Crippen molar-refractivity contribution in [1.82, 2.24) is 4.98 Å². The first kappa shape index (κ1) is 12.2. The maximum Gasteiger partial charge on any atom is 0.257 e. The molecule has 0 unspecified atom stereocenters. The molecule has 0 aliphatic heterocycles. The van der Waals surface area contributed by atoms with Crippen LogP contribution in [0.5, 0.6) is 5.75 Å². The van der Waals surface area contributed by atoms with Gasteiger partial charge in [-0.2, -0.15) is 0 Å².